The van der Waals surface area contributed by atoms with Gasteiger partial charge in [0.05, 0.1) is 12.5 Å². The van der Waals surface area contributed by atoms with Crippen molar-refractivity contribution < 1.29 is 24.5 Å². The number of aliphatic hydroxyl groups is 2. The number of likely N-dealkylation sites (N-methyl/N-ethyl adjacent to an activating group) is 1. The molecular weight excluding hydrogens is 214 g/mol. The first-order valence-electron chi connectivity index (χ1n) is 5.16. The van der Waals surface area contributed by atoms with Gasteiger partial charge in [0.25, 0.3) is 0 Å². The molecule has 16 heavy (non-hydrogen) atoms. The summed E-state index contributed by atoms with van der Waals surface area (Å²) in [5.74, 6) is -1.88. The lowest BCUT2D eigenvalue weighted by molar-refractivity contribution is -0.155. The second-order valence-electron chi connectivity index (χ2n) is 4.51. The van der Waals surface area contributed by atoms with Gasteiger partial charge in [-0.1, -0.05) is 6.92 Å². The molecule has 4 atom stereocenters. The van der Waals surface area contributed by atoms with Gasteiger partial charge in [-0.25, -0.2) is 4.79 Å². The van der Waals surface area contributed by atoms with Crippen molar-refractivity contribution in [2.24, 2.45) is 5.92 Å². The van der Waals surface area contributed by atoms with Crippen molar-refractivity contribution in [3.63, 3.8) is 0 Å². The van der Waals surface area contributed by atoms with Crippen LogP contribution in [0.4, 0.5) is 0 Å². The van der Waals surface area contributed by atoms with E-state index in [4.69, 9.17) is 4.74 Å². The molecule has 0 radical (unpaired) electrons. The number of fused-ring (bicyclic) bond motifs is 1. The number of hydrogen-bond acceptors (Lipinski definition) is 5. The second kappa shape index (κ2) is 2.95. The van der Waals surface area contributed by atoms with Gasteiger partial charge in [-0.05, 0) is 6.92 Å². The van der Waals surface area contributed by atoms with Crippen LogP contribution in [-0.4, -0.2) is 57.9 Å². The number of cyclic esters (lactones) is 1. The van der Waals surface area contributed by atoms with Gasteiger partial charge in [0.15, 0.2) is 5.54 Å². The Hall–Kier alpha value is -1.14. The van der Waals surface area contributed by atoms with Crippen molar-refractivity contribution in [2.75, 3.05) is 13.7 Å². The van der Waals surface area contributed by atoms with Crippen LogP contribution in [0.2, 0.25) is 0 Å². The van der Waals surface area contributed by atoms with E-state index >= 15 is 0 Å². The average Bonchev–Trinajstić information content (AvgIpc) is 2.53. The predicted molar refractivity (Wildman–Crippen MR) is 52.3 cm³/mol. The summed E-state index contributed by atoms with van der Waals surface area (Å²) >= 11 is 0. The first kappa shape index (κ1) is 11.3. The molecule has 0 bridgehead atoms. The van der Waals surface area contributed by atoms with Gasteiger partial charge in [-0.15, -0.1) is 0 Å². The van der Waals surface area contributed by atoms with Crippen molar-refractivity contribution in [3.05, 3.63) is 0 Å². The van der Waals surface area contributed by atoms with E-state index < -0.39 is 35.7 Å². The van der Waals surface area contributed by atoms with Gasteiger partial charge in [0.2, 0.25) is 5.91 Å². The Morgan fingerprint density at radius 3 is 2.44 bits per heavy atom. The molecule has 6 heteroatoms. The number of amides is 1. The Labute approximate surface area is 92.8 Å². The minimum atomic E-state index is -1.66. The summed E-state index contributed by atoms with van der Waals surface area (Å²) in [6, 6.07) is 0. The fourth-order valence-corrected chi connectivity index (χ4v) is 2.93. The molecule has 0 saturated carbocycles. The highest BCUT2D eigenvalue weighted by Crippen LogP contribution is 2.50. The molecule has 90 valence electrons. The maximum Gasteiger partial charge on any atom is 0.338 e. The minimum Gasteiger partial charge on any atom is -0.458 e. The summed E-state index contributed by atoms with van der Waals surface area (Å²) < 4.78 is 4.97. The molecule has 2 aliphatic heterocycles. The zero-order chi connectivity index (χ0) is 12.3. The number of hydrogen-bond donors (Lipinski definition) is 2. The van der Waals surface area contributed by atoms with Gasteiger partial charge < -0.3 is 19.8 Å². The highest BCUT2D eigenvalue weighted by molar-refractivity contribution is 5.98. The van der Waals surface area contributed by atoms with Crippen molar-refractivity contribution in [1.29, 1.82) is 0 Å². The van der Waals surface area contributed by atoms with Gasteiger partial charge >= 0.3 is 5.97 Å². The molecule has 2 aliphatic rings. The van der Waals surface area contributed by atoms with Crippen LogP contribution in [-0.2, 0) is 14.3 Å². The number of rotatable bonds is 1. The maximum absolute atomic E-state index is 11.8. The zero-order valence-corrected chi connectivity index (χ0v) is 9.43. The molecule has 6 nitrogen and oxygen atoms in total. The van der Waals surface area contributed by atoms with Crippen molar-refractivity contribution in [3.8, 4) is 0 Å². The molecule has 0 aromatic heterocycles. The molecular formula is C10H15NO5. The normalized spacial score (nSPS) is 47.2. The van der Waals surface area contributed by atoms with Crippen LogP contribution in [0.3, 0.4) is 0 Å². The van der Waals surface area contributed by atoms with E-state index in [9.17, 15) is 19.8 Å². The van der Waals surface area contributed by atoms with Gasteiger partial charge in [0.1, 0.15) is 11.7 Å². The van der Waals surface area contributed by atoms with E-state index in [-0.39, 0.29) is 5.91 Å². The first-order chi connectivity index (χ1) is 7.34. The van der Waals surface area contributed by atoms with Crippen molar-refractivity contribution in [1.82, 2.24) is 4.90 Å². The summed E-state index contributed by atoms with van der Waals surface area (Å²) in [6.07, 6.45) is -0.809. The molecule has 2 saturated heterocycles. The number of carbonyl (C=O) groups is 2. The van der Waals surface area contributed by atoms with Crippen molar-refractivity contribution >= 4 is 11.9 Å². The second-order valence-corrected chi connectivity index (χ2v) is 4.51. The Morgan fingerprint density at radius 1 is 1.44 bits per heavy atom. The van der Waals surface area contributed by atoms with Crippen LogP contribution in [0, 0.1) is 5.92 Å². The lowest BCUT2D eigenvalue weighted by Crippen LogP contribution is -2.63. The fourth-order valence-electron chi connectivity index (χ4n) is 2.93. The molecule has 2 heterocycles. The SMILES string of the molecule is C[C@H]1OC(=O)[C@@]2(CO)N(C)C(=O)[C@H](C)[C@@]12O. The van der Waals surface area contributed by atoms with Gasteiger partial charge in [-0.3, -0.25) is 4.79 Å². The molecule has 0 unspecified atom stereocenters. The highest BCUT2D eigenvalue weighted by atomic mass is 16.6. The van der Waals surface area contributed by atoms with Crippen LogP contribution in [0.15, 0.2) is 0 Å². The molecule has 2 fully saturated rings. The summed E-state index contributed by atoms with van der Waals surface area (Å²) in [5, 5.41) is 20.0. The van der Waals surface area contributed by atoms with Crippen LogP contribution >= 0.6 is 0 Å². The monoisotopic (exact) mass is 229 g/mol. The minimum absolute atomic E-state index is 0.361. The van der Waals surface area contributed by atoms with E-state index in [0.29, 0.717) is 0 Å². The molecule has 0 aromatic rings. The van der Waals surface area contributed by atoms with Crippen LogP contribution < -0.4 is 0 Å². The van der Waals surface area contributed by atoms with Crippen LogP contribution in [0.25, 0.3) is 0 Å². The lowest BCUT2D eigenvalue weighted by Gasteiger charge is -2.36. The quantitative estimate of drug-likeness (QED) is 0.534. The molecule has 1 amide bonds. The highest BCUT2D eigenvalue weighted by Gasteiger charge is 2.76. The third kappa shape index (κ3) is 0.824. The molecule has 0 spiro atoms. The van der Waals surface area contributed by atoms with Crippen LogP contribution in [0.1, 0.15) is 13.8 Å². The van der Waals surface area contributed by atoms with Crippen molar-refractivity contribution in [2.45, 2.75) is 31.1 Å². The van der Waals surface area contributed by atoms with Gasteiger partial charge in [-0.2, -0.15) is 0 Å². The van der Waals surface area contributed by atoms with Gasteiger partial charge in [0, 0.05) is 7.05 Å². The Morgan fingerprint density at radius 2 is 2.00 bits per heavy atom. The number of carbonyl (C=O) groups excluding carboxylic acids is 2. The maximum atomic E-state index is 11.8. The smallest absolute Gasteiger partial charge is 0.338 e. The fraction of sp³-hybridized carbons (Fsp3) is 0.800. The number of aliphatic hydroxyl groups excluding tert-OH is 1. The summed E-state index contributed by atoms with van der Waals surface area (Å²) in [5.41, 5.74) is -3.31. The molecule has 2 rings (SSSR count). The standard InChI is InChI=1S/C10H15NO5/c1-5-7(13)11(3)9(4-12)8(14)16-6(2)10(5,9)15/h5-6,12,15H,4H2,1-3H3/t5-,6+,9+,10+/m0/s1. The van der Waals surface area contributed by atoms with Crippen LogP contribution in [0.5, 0.6) is 0 Å². The average molecular weight is 229 g/mol. The lowest BCUT2D eigenvalue weighted by atomic mass is 9.75. The van der Waals surface area contributed by atoms with E-state index in [1.165, 1.54) is 20.9 Å². The number of esters is 1. The van der Waals surface area contributed by atoms with E-state index in [1.54, 1.807) is 0 Å². The van der Waals surface area contributed by atoms with E-state index in [2.05, 4.69) is 0 Å². The predicted octanol–water partition coefficient (Wildman–Crippen LogP) is -1.50. The summed E-state index contributed by atoms with van der Waals surface area (Å²) in [6.45, 7) is 2.42. The number of likely N-dealkylation sites (tertiary alicyclic amines) is 1. The topological polar surface area (TPSA) is 87.1 Å². The summed E-state index contributed by atoms with van der Waals surface area (Å²) in [4.78, 5) is 24.7. The van der Waals surface area contributed by atoms with E-state index in [0.717, 1.165) is 4.90 Å². The molecule has 0 aromatic carbocycles. The molecule has 2 N–H and O–H groups in total. The third-order valence-corrected chi connectivity index (χ3v) is 4.07. The Bertz CT molecular complexity index is 370. The Kier molecular flexibility index (Phi) is 2.09. The largest absolute Gasteiger partial charge is 0.458 e. The third-order valence-electron chi connectivity index (χ3n) is 4.07. The van der Waals surface area contributed by atoms with E-state index in [1.807, 2.05) is 0 Å². The zero-order valence-electron chi connectivity index (χ0n) is 9.43. The first-order valence-corrected chi connectivity index (χ1v) is 5.16. The number of nitrogens with zero attached hydrogens (tertiary/aromatic N) is 1. The number of ether oxygens (including phenoxy) is 1. The Balaban J connectivity index is 2.65. The summed E-state index contributed by atoms with van der Waals surface area (Å²) in [7, 11) is 1.40. The molecule has 0 aliphatic carbocycles.